The molecule has 12 heavy (non-hydrogen) atoms. The molecular weight excluding hydrogens is 181 g/mol. The number of carbonyl (C=O) groups is 1. The highest BCUT2D eigenvalue weighted by molar-refractivity contribution is 7.51. The Morgan fingerprint density at radius 2 is 2.08 bits per heavy atom. The lowest BCUT2D eigenvalue weighted by molar-refractivity contribution is -0.120. The van der Waals surface area contributed by atoms with Gasteiger partial charge in [-0.1, -0.05) is 6.92 Å². The van der Waals surface area contributed by atoms with Crippen molar-refractivity contribution in [2.75, 3.05) is 12.7 Å². The van der Waals surface area contributed by atoms with Crippen molar-refractivity contribution < 1.29 is 19.1 Å². The molecule has 0 saturated carbocycles. The minimum atomic E-state index is -3.96. The van der Waals surface area contributed by atoms with Crippen molar-refractivity contribution in [1.82, 2.24) is 5.32 Å². The van der Waals surface area contributed by atoms with Crippen LogP contribution in [0.3, 0.4) is 0 Å². The van der Waals surface area contributed by atoms with E-state index in [2.05, 4.69) is 5.32 Å². The maximum atomic E-state index is 10.8. The summed E-state index contributed by atoms with van der Waals surface area (Å²) in [6.07, 6.45) is 0.853. The molecule has 0 bridgehead atoms. The molecular formula is C6H14NO4P. The van der Waals surface area contributed by atoms with Gasteiger partial charge in [0.05, 0.1) is 6.16 Å². The fourth-order valence-electron chi connectivity index (χ4n) is 0.656. The fourth-order valence-corrected chi connectivity index (χ4v) is 1.06. The average molecular weight is 195 g/mol. The summed E-state index contributed by atoms with van der Waals surface area (Å²) in [5.41, 5.74) is 0. The van der Waals surface area contributed by atoms with E-state index in [-0.39, 0.29) is 18.6 Å². The average Bonchev–Trinajstić information content (AvgIpc) is 1.84. The maximum Gasteiger partial charge on any atom is 0.327 e. The van der Waals surface area contributed by atoms with E-state index < -0.39 is 7.60 Å². The molecule has 0 heterocycles. The molecule has 72 valence electrons. The molecule has 0 rings (SSSR count). The van der Waals surface area contributed by atoms with Gasteiger partial charge in [-0.15, -0.1) is 0 Å². The molecule has 0 aliphatic carbocycles. The summed E-state index contributed by atoms with van der Waals surface area (Å²) in [6, 6.07) is 0. The van der Waals surface area contributed by atoms with Crippen LogP contribution in [0.15, 0.2) is 0 Å². The lowest BCUT2D eigenvalue weighted by Gasteiger charge is -2.04. The lowest BCUT2D eigenvalue weighted by Crippen LogP contribution is -2.25. The summed E-state index contributed by atoms with van der Waals surface area (Å²) < 4.78 is 10.3. The van der Waals surface area contributed by atoms with Crippen LogP contribution in [0.1, 0.15) is 19.8 Å². The quantitative estimate of drug-likeness (QED) is 0.542. The number of nitrogens with one attached hydrogen (secondary N) is 1. The van der Waals surface area contributed by atoms with E-state index >= 15 is 0 Å². The highest BCUT2D eigenvalue weighted by atomic mass is 31.2. The highest BCUT2D eigenvalue weighted by Gasteiger charge is 2.12. The second kappa shape index (κ2) is 5.30. The van der Waals surface area contributed by atoms with Crippen LogP contribution in [0.2, 0.25) is 0 Å². The Labute approximate surface area is 71.3 Å². The van der Waals surface area contributed by atoms with E-state index in [1.165, 1.54) is 0 Å². The summed E-state index contributed by atoms with van der Waals surface area (Å²) in [4.78, 5) is 27.6. The van der Waals surface area contributed by atoms with E-state index in [1.807, 2.05) is 6.92 Å². The normalized spacial score (nSPS) is 11.2. The van der Waals surface area contributed by atoms with Gasteiger partial charge in [-0.25, -0.2) is 0 Å². The first-order chi connectivity index (χ1) is 5.45. The predicted molar refractivity (Wildman–Crippen MR) is 44.8 cm³/mol. The van der Waals surface area contributed by atoms with E-state index in [0.717, 1.165) is 6.42 Å². The zero-order chi connectivity index (χ0) is 9.61. The summed E-state index contributed by atoms with van der Waals surface area (Å²) in [6.45, 7) is 1.91. The van der Waals surface area contributed by atoms with Crippen molar-refractivity contribution in [3.05, 3.63) is 0 Å². The maximum absolute atomic E-state index is 10.8. The van der Waals surface area contributed by atoms with E-state index in [1.54, 1.807) is 0 Å². The molecule has 0 saturated heterocycles. The molecule has 5 nitrogen and oxygen atoms in total. The van der Waals surface area contributed by atoms with Crippen LogP contribution < -0.4 is 5.32 Å². The highest BCUT2D eigenvalue weighted by Crippen LogP contribution is 2.32. The molecule has 0 unspecified atom stereocenters. The molecule has 3 N–H and O–H groups in total. The van der Waals surface area contributed by atoms with Gasteiger partial charge in [-0.3, -0.25) is 9.36 Å². The number of amides is 1. The zero-order valence-electron chi connectivity index (χ0n) is 6.99. The zero-order valence-corrected chi connectivity index (χ0v) is 7.88. The van der Waals surface area contributed by atoms with Crippen molar-refractivity contribution in [3.8, 4) is 0 Å². The lowest BCUT2D eigenvalue weighted by atomic mass is 10.3. The van der Waals surface area contributed by atoms with Gasteiger partial charge in [-0.2, -0.15) is 0 Å². The summed E-state index contributed by atoms with van der Waals surface area (Å²) >= 11 is 0. The standard InChI is InChI=1S/C6H14NO4P/c1-2-3-6(8)7-4-5-12(9,10)11/h2-5H2,1H3,(H,7,8)(H2,9,10,11). The van der Waals surface area contributed by atoms with Crippen LogP contribution in [-0.4, -0.2) is 28.4 Å². The second-order valence-corrected chi connectivity index (χ2v) is 4.26. The smallest absolute Gasteiger partial charge is 0.327 e. The summed E-state index contributed by atoms with van der Waals surface area (Å²) in [7, 11) is -3.96. The van der Waals surface area contributed by atoms with Gasteiger partial charge in [0.15, 0.2) is 0 Å². The molecule has 0 aromatic rings. The summed E-state index contributed by atoms with van der Waals surface area (Å²) in [5.74, 6) is -0.161. The summed E-state index contributed by atoms with van der Waals surface area (Å²) in [5, 5.41) is 2.41. The third kappa shape index (κ3) is 7.72. The molecule has 0 atom stereocenters. The Morgan fingerprint density at radius 1 is 1.50 bits per heavy atom. The van der Waals surface area contributed by atoms with Crippen LogP contribution in [0.5, 0.6) is 0 Å². The van der Waals surface area contributed by atoms with Gasteiger partial charge in [0.2, 0.25) is 5.91 Å². The minimum absolute atomic E-state index is 0.0448. The number of rotatable bonds is 5. The molecule has 0 aromatic heterocycles. The molecule has 1 amide bonds. The predicted octanol–water partition coefficient (Wildman–Crippen LogP) is 0.0804. The van der Waals surface area contributed by atoms with Crippen molar-refractivity contribution in [1.29, 1.82) is 0 Å². The Balaban J connectivity index is 3.44. The van der Waals surface area contributed by atoms with Gasteiger partial charge in [-0.05, 0) is 6.42 Å². The first-order valence-electron chi connectivity index (χ1n) is 3.77. The molecule has 0 aliphatic heterocycles. The number of carbonyl (C=O) groups excluding carboxylic acids is 1. The van der Waals surface area contributed by atoms with Crippen molar-refractivity contribution in [2.24, 2.45) is 0 Å². The topological polar surface area (TPSA) is 86.6 Å². The van der Waals surface area contributed by atoms with Crippen LogP contribution in [0.25, 0.3) is 0 Å². The van der Waals surface area contributed by atoms with Crippen LogP contribution in [-0.2, 0) is 9.36 Å². The first kappa shape index (κ1) is 11.6. The molecule has 0 fully saturated rings. The largest absolute Gasteiger partial charge is 0.355 e. The van der Waals surface area contributed by atoms with Crippen molar-refractivity contribution in [3.63, 3.8) is 0 Å². The Bertz CT molecular complexity index is 188. The van der Waals surface area contributed by atoms with Gasteiger partial charge < -0.3 is 15.1 Å². The third-order valence-corrected chi connectivity index (χ3v) is 2.01. The van der Waals surface area contributed by atoms with Crippen molar-refractivity contribution >= 4 is 13.5 Å². The number of hydrogen-bond donors (Lipinski definition) is 3. The first-order valence-corrected chi connectivity index (χ1v) is 5.56. The molecule has 0 aliphatic rings. The molecule has 6 heteroatoms. The SMILES string of the molecule is CCCC(=O)NCCP(=O)(O)O. The van der Waals surface area contributed by atoms with E-state index in [4.69, 9.17) is 9.79 Å². The van der Waals surface area contributed by atoms with E-state index in [9.17, 15) is 9.36 Å². The van der Waals surface area contributed by atoms with Gasteiger partial charge in [0.25, 0.3) is 0 Å². The fraction of sp³-hybridized carbons (Fsp3) is 0.833. The minimum Gasteiger partial charge on any atom is -0.355 e. The Hall–Kier alpha value is -0.380. The van der Waals surface area contributed by atoms with Gasteiger partial charge in [0, 0.05) is 13.0 Å². The van der Waals surface area contributed by atoms with E-state index in [0.29, 0.717) is 6.42 Å². The second-order valence-electron chi connectivity index (χ2n) is 2.49. The molecule has 0 spiro atoms. The Morgan fingerprint density at radius 3 is 2.50 bits per heavy atom. The van der Waals surface area contributed by atoms with Crippen LogP contribution >= 0.6 is 7.60 Å². The number of hydrogen-bond acceptors (Lipinski definition) is 2. The molecule has 0 radical (unpaired) electrons. The van der Waals surface area contributed by atoms with Crippen molar-refractivity contribution in [2.45, 2.75) is 19.8 Å². The molecule has 0 aromatic carbocycles. The van der Waals surface area contributed by atoms with Gasteiger partial charge in [0.1, 0.15) is 0 Å². The van der Waals surface area contributed by atoms with Crippen LogP contribution in [0.4, 0.5) is 0 Å². The monoisotopic (exact) mass is 195 g/mol. The van der Waals surface area contributed by atoms with Crippen LogP contribution in [0, 0.1) is 0 Å². The third-order valence-electron chi connectivity index (χ3n) is 1.20. The van der Waals surface area contributed by atoms with Gasteiger partial charge >= 0.3 is 7.60 Å². The Kier molecular flexibility index (Phi) is 5.13.